The average molecular weight is 323 g/mol. The molecule has 1 aromatic carbocycles. The summed E-state index contributed by atoms with van der Waals surface area (Å²) >= 11 is 11.8. The number of aryl methyl sites for hydroxylation is 1. The number of carbonyl (C=O) groups excluding carboxylic acids is 1. The molecule has 0 spiro atoms. The molecule has 0 fully saturated rings. The van der Waals surface area contributed by atoms with Gasteiger partial charge in [-0.1, -0.05) is 35.3 Å². The molecule has 1 N–H and O–H groups in total. The zero-order chi connectivity index (χ0) is 15.1. The zero-order valence-electron chi connectivity index (χ0n) is 11.5. The van der Waals surface area contributed by atoms with Crippen molar-refractivity contribution in [2.24, 2.45) is 0 Å². The first-order valence-electron chi connectivity index (χ1n) is 6.75. The van der Waals surface area contributed by atoms with Crippen LogP contribution < -0.4 is 5.32 Å². The van der Waals surface area contributed by atoms with Gasteiger partial charge in [-0.05, 0) is 36.2 Å². The van der Waals surface area contributed by atoms with Crippen LogP contribution in [0.5, 0.6) is 0 Å². The molecular weight excluding hydrogens is 307 g/mol. The maximum absolute atomic E-state index is 11.8. The molecule has 0 saturated carbocycles. The van der Waals surface area contributed by atoms with Gasteiger partial charge in [0, 0.05) is 31.3 Å². The van der Waals surface area contributed by atoms with Gasteiger partial charge in [0.25, 0.3) is 0 Å². The van der Waals surface area contributed by atoms with Crippen molar-refractivity contribution in [3.63, 3.8) is 0 Å². The summed E-state index contributed by atoms with van der Waals surface area (Å²) in [7, 11) is 0. The minimum Gasteiger partial charge on any atom is -0.356 e. The molecule has 21 heavy (non-hydrogen) atoms. The van der Waals surface area contributed by atoms with Crippen LogP contribution in [0, 0.1) is 0 Å². The molecule has 0 aliphatic heterocycles. The second-order valence-corrected chi connectivity index (χ2v) is 5.48. The number of carbonyl (C=O) groups is 1. The summed E-state index contributed by atoms with van der Waals surface area (Å²) in [5, 5.41) is 3.94. The van der Waals surface area contributed by atoms with Crippen LogP contribution in [0.2, 0.25) is 10.0 Å². The summed E-state index contributed by atoms with van der Waals surface area (Å²) in [6, 6.07) is 11.2. The number of aromatic nitrogens is 1. The van der Waals surface area contributed by atoms with Crippen molar-refractivity contribution >= 4 is 29.1 Å². The Bertz CT molecular complexity index is 602. The standard InChI is InChI=1S/C16H16Cl2N2O/c17-14-6-4-12(11-15(14)18)5-7-16(21)20-10-8-13-3-1-2-9-19-13/h1-4,6,9,11H,5,7-8,10H2,(H,20,21). The number of pyridine rings is 1. The Morgan fingerprint density at radius 3 is 2.67 bits per heavy atom. The third kappa shape index (κ3) is 5.37. The van der Waals surface area contributed by atoms with Crippen LogP contribution >= 0.6 is 23.2 Å². The Kier molecular flexibility index (Phi) is 6.03. The van der Waals surface area contributed by atoms with Gasteiger partial charge in [-0.15, -0.1) is 0 Å². The quantitative estimate of drug-likeness (QED) is 0.881. The van der Waals surface area contributed by atoms with Crippen LogP contribution in [0.3, 0.4) is 0 Å². The van der Waals surface area contributed by atoms with Crippen LogP contribution in [0.1, 0.15) is 17.7 Å². The monoisotopic (exact) mass is 322 g/mol. The first-order chi connectivity index (χ1) is 10.1. The van der Waals surface area contributed by atoms with E-state index in [1.54, 1.807) is 18.3 Å². The van der Waals surface area contributed by atoms with Crippen LogP contribution in [0.25, 0.3) is 0 Å². The molecule has 1 amide bonds. The van der Waals surface area contributed by atoms with Crippen molar-refractivity contribution in [2.45, 2.75) is 19.3 Å². The van der Waals surface area contributed by atoms with E-state index < -0.39 is 0 Å². The molecular formula is C16H16Cl2N2O. The van der Waals surface area contributed by atoms with Gasteiger partial charge in [-0.3, -0.25) is 9.78 Å². The SMILES string of the molecule is O=C(CCc1ccc(Cl)c(Cl)c1)NCCc1ccccn1. The normalized spacial score (nSPS) is 10.4. The predicted octanol–water partition coefficient (Wildman–Crippen LogP) is 3.68. The zero-order valence-corrected chi connectivity index (χ0v) is 13.0. The molecule has 2 aromatic rings. The molecule has 5 heteroatoms. The third-order valence-electron chi connectivity index (χ3n) is 3.05. The molecule has 2 rings (SSSR count). The molecule has 1 heterocycles. The number of hydrogen-bond donors (Lipinski definition) is 1. The fourth-order valence-corrected chi connectivity index (χ4v) is 2.24. The Labute approximate surface area is 134 Å². The minimum absolute atomic E-state index is 0.0250. The number of nitrogens with one attached hydrogen (secondary N) is 1. The number of hydrogen-bond acceptors (Lipinski definition) is 2. The first kappa shape index (κ1) is 15.8. The largest absolute Gasteiger partial charge is 0.356 e. The molecule has 0 aliphatic rings. The van der Waals surface area contributed by atoms with E-state index in [1.165, 1.54) is 0 Å². The van der Waals surface area contributed by atoms with Crippen molar-refractivity contribution in [3.8, 4) is 0 Å². The summed E-state index contributed by atoms with van der Waals surface area (Å²) in [6.07, 6.45) is 3.56. The van der Waals surface area contributed by atoms with E-state index in [9.17, 15) is 4.79 Å². The van der Waals surface area contributed by atoms with Crippen LogP contribution in [0.4, 0.5) is 0 Å². The van der Waals surface area contributed by atoms with E-state index >= 15 is 0 Å². The van der Waals surface area contributed by atoms with Crippen LogP contribution in [-0.2, 0) is 17.6 Å². The smallest absolute Gasteiger partial charge is 0.220 e. The summed E-state index contributed by atoms with van der Waals surface area (Å²) < 4.78 is 0. The van der Waals surface area contributed by atoms with Gasteiger partial charge in [0.15, 0.2) is 0 Å². The molecule has 0 atom stereocenters. The van der Waals surface area contributed by atoms with Gasteiger partial charge in [0.05, 0.1) is 10.0 Å². The van der Waals surface area contributed by atoms with Crippen LogP contribution in [-0.4, -0.2) is 17.4 Å². The van der Waals surface area contributed by atoms with E-state index in [0.717, 1.165) is 17.7 Å². The van der Waals surface area contributed by atoms with Gasteiger partial charge in [-0.2, -0.15) is 0 Å². The van der Waals surface area contributed by atoms with Gasteiger partial charge in [-0.25, -0.2) is 0 Å². The molecule has 0 bridgehead atoms. The molecule has 1 aromatic heterocycles. The van der Waals surface area contributed by atoms with Crippen molar-refractivity contribution in [1.29, 1.82) is 0 Å². The van der Waals surface area contributed by atoms with E-state index in [1.807, 2.05) is 24.3 Å². The highest BCUT2D eigenvalue weighted by molar-refractivity contribution is 6.42. The van der Waals surface area contributed by atoms with E-state index in [4.69, 9.17) is 23.2 Å². The lowest BCUT2D eigenvalue weighted by Gasteiger charge is -2.06. The average Bonchev–Trinajstić information content (AvgIpc) is 2.49. The van der Waals surface area contributed by atoms with E-state index in [2.05, 4.69) is 10.3 Å². The lowest BCUT2D eigenvalue weighted by atomic mass is 10.1. The highest BCUT2D eigenvalue weighted by Crippen LogP contribution is 2.23. The maximum Gasteiger partial charge on any atom is 0.220 e. The van der Waals surface area contributed by atoms with E-state index in [0.29, 0.717) is 29.4 Å². The molecule has 0 radical (unpaired) electrons. The second-order valence-electron chi connectivity index (χ2n) is 4.67. The number of nitrogens with zero attached hydrogens (tertiary/aromatic N) is 1. The summed E-state index contributed by atoms with van der Waals surface area (Å²) in [4.78, 5) is 16.0. The van der Waals surface area contributed by atoms with Gasteiger partial charge < -0.3 is 5.32 Å². The number of benzene rings is 1. The Morgan fingerprint density at radius 1 is 1.10 bits per heavy atom. The van der Waals surface area contributed by atoms with Crippen molar-refractivity contribution in [3.05, 3.63) is 63.9 Å². The van der Waals surface area contributed by atoms with E-state index in [-0.39, 0.29) is 5.91 Å². The number of amides is 1. The lowest BCUT2D eigenvalue weighted by molar-refractivity contribution is -0.121. The minimum atomic E-state index is 0.0250. The van der Waals surface area contributed by atoms with Gasteiger partial charge >= 0.3 is 0 Å². The first-order valence-corrected chi connectivity index (χ1v) is 7.51. The van der Waals surface area contributed by atoms with Crippen LogP contribution in [0.15, 0.2) is 42.6 Å². The van der Waals surface area contributed by atoms with Gasteiger partial charge in [0.2, 0.25) is 5.91 Å². The maximum atomic E-state index is 11.8. The van der Waals surface area contributed by atoms with Gasteiger partial charge in [0.1, 0.15) is 0 Å². The Morgan fingerprint density at radius 2 is 1.95 bits per heavy atom. The fourth-order valence-electron chi connectivity index (χ4n) is 1.92. The second kappa shape index (κ2) is 8.01. The highest BCUT2D eigenvalue weighted by Gasteiger charge is 2.04. The van der Waals surface area contributed by atoms with Crippen molar-refractivity contribution in [2.75, 3.05) is 6.54 Å². The molecule has 3 nitrogen and oxygen atoms in total. The molecule has 0 unspecified atom stereocenters. The number of halogens is 2. The summed E-state index contributed by atoms with van der Waals surface area (Å²) in [5.74, 6) is 0.0250. The summed E-state index contributed by atoms with van der Waals surface area (Å²) in [5.41, 5.74) is 1.98. The van der Waals surface area contributed by atoms with Crippen molar-refractivity contribution < 1.29 is 4.79 Å². The molecule has 0 aliphatic carbocycles. The Balaban J connectivity index is 1.71. The highest BCUT2D eigenvalue weighted by atomic mass is 35.5. The predicted molar refractivity (Wildman–Crippen MR) is 85.7 cm³/mol. The van der Waals surface area contributed by atoms with Crippen molar-refractivity contribution in [1.82, 2.24) is 10.3 Å². The molecule has 0 saturated heterocycles. The fraction of sp³-hybridized carbons (Fsp3) is 0.250. The Hall–Kier alpha value is -1.58. The lowest BCUT2D eigenvalue weighted by Crippen LogP contribution is -2.26. The summed E-state index contributed by atoms with van der Waals surface area (Å²) in [6.45, 7) is 0.594. The number of rotatable bonds is 6. The molecule has 110 valence electrons. The topological polar surface area (TPSA) is 42.0 Å². The third-order valence-corrected chi connectivity index (χ3v) is 3.79.